The molecule has 1 aliphatic rings. The minimum Gasteiger partial charge on any atom is -0.316 e. The summed E-state index contributed by atoms with van der Waals surface area (Å²) in [4.78, 5) is 2.71. The number of nitrogens with one attached hydrogen (secondary N) is 1. The molecule has 1 N–H and O–H groups in total. The lowest BCUT2D eigenvalue weighted by Gasteiger charge is -2.43. The van der Waals surface area contributed by atoms with Crippen LogP contribution in [0.5, 0.6) is 0 Å². The summed E-state index contributed by atoms with van der Waals surface area (Å²) in [5.74, 6) is 0.818. The topological polar surface area (TPSA) is 15.3 Å². The molecule has 1 aromatic carbocycles. The van der Waals surface area contributed by atoms with E-state index in [1.54, 1.807) is 0 Å². The highest BCUT2D eigenvalue weighted by molar-refractivity contribution is 5.26. The zero-order valence-corrected chi connectivity index (χ0v) is 14.2. The quantitative estimate of drug-likeness (QED) is 0.859. The predicted molar refractivity (Wildman–Crippen MR) is 91.8 cm³/mol. The van der Waals surface area contributed by atoms with Crippen LogP contribution in [-0.2, 0) is 5.41 Å². The largest absolute Gasteiger partial charge is 0.316 e. The van der Waals surface area contributed by atoms with Gasteiger partial charge in [0.25, 0.3) is 0 Å². The van der Waals surface area contributed by atoms with E-state index in [1.807, 2.05) is 0 Å². The van der Waals surface area contributed by atoms with E-state index in [0.717, 1.165) is 25.6 Å². The number of hydrogen-bond acceptors (Lipinski definition) is 2. The fourth-order valence-electron chi connectivity index (χ4n) is 3.58. The molecule has 1 saturated heterocycles. The van der Waals surface area contributed by atoms with E-state index in [2.05, 4.69) is 68.2 Å². The monoisotopic (exact) mass is 288 g/mol. The van der Waals surface area contributed by atoms with E-state index < -0.39 is 0 Å². The lowest BCUT2D eigenvalue weighted by Crippen LogP contribution is -2.51. The van der Waals surface area contributed by atoms with Crippen molar-refractivity contribution in [3.8, 4) is 0 Å². The molecule has 0 aromatic heterocycles. The first-order valence-corrected chi connectivity index (χ1v) is 8.57. The molecule has 0 bridgehead atoms. The van der Waals surface area contributed by atoms with E-state index in [1.165, 1.54) is 24.9 Å². The number of benzene rings is 1. The van der Waals surface area contributed by atoms with Gasteiger partial charge in [-0.25, -0.2) is 0 Å². The van der Waals surface area contributed by atoms with Gasteiger partial charge < -0.3 is 5.32 Å². The van der Waals surface area contributed by atoms with Crippen molar-refractivity contribution < 1.29 is 0 Å². The fraction of sp³-hybridized carbons (Fsp3) is 0.684. The Morgan fingerprint density at radius 2 is 1.95 bits per heavy atom. The van der Waals surface area contributed by atoms with Crippen molar-refractivity contribution in [1.29, 1.82) is 0 Å². The maximum atomic E-state index is 3.58. The molecule has 1 aromatic rings. The maximum Gasteiger partial charge on any atom is 0.0177 e. The number of nitrogens with zero attached hydrogens (tertiary/aromatic N) is 1. The van der Waals surface area contributed by atoms with Crippen LogP contribution in [0.2, 0.25) is 0 Å². The molecule has 0 amide bonds. The van der Waals surface area contributed by atoms with Gasteiger partial charge in [-0.15, -0.1) is 0 Å². The van der Waals surface area contributed by atoms with Gasteiger partial charge in [0.1, 0.15) is 0 Å². The molecule has 21 heavy (non-hydrogen) atoms. The Morgan fingerprint density at radius 1 is 1.24 bits per heavy atom. The third-order valence-electron chi connectivity index (χ3n) is 5.29. The Kier molecular flexibility index (Phi) is 5.83. The molecule has 3 unspecified atom stereocenters. The van der Waals surface area contributed by atoms with Gasteiger partial charge in [-0.2, -0.15) is 0 Å². The SMILES string of the molecule is CCNCC(C)(CN1CCCC(C)C1C)c1ccccc1. The third-order valence-corrected chi connectivity index (χ3v) is 5.29. The molecule has 0 radical (unpaired) electrons. The van der Waals surface area contributed by atoms with Gasteiger partial charge in [0, 0.05) is 24.5 Å². The summed E-state index contributed by atoms with van der Waals surface area (Å²) >= 11 is 0. The Bertz CT molecular complexity index is 417. The average molecular weight is 288 g/mol. The van der Waals surface area contributed by atoms with E-state index in [0.29, 0.717) is 6.04 Å². The van der Waals surface area contributed by atoms with Crippen LogP contribution in [0, 0.1) is 5.92 Å². The van der Waals surface area contributed by atoms with Crippen LogP contribution < -0.4 is 5.32 Å². The number of rotatable bonds is 6. The number of likely N-dealkylation sites (tertiary alicyclic amines) is 1. The van der Waals surface area contributed by atoms with E-state index >= 15 is 0 Å². The molecular weight excluding hydrogens is 256 g/mol. The molecule has 1 fully saturated rings. The van der Waals surface area contributed by atoms with Crippen LogP contribution in [0.25, 0.3) is 0 Å². The normalized spacial score (nSPS) is 26.5. The smallest absolute Gasteiger partial charge is 0.0177 e. The van der Waals surface area contributed by atoms with Gasteiger partial charge in [0.15, 0.2) is 0 Å². The zero-order valence-electron chi connectivity index (χ0n) is 14.2. The average Bonchev–Trinajstić information content (AvgIpc) is 2.51. The number of hydrogen-bond donors (Lipinski definition) is 1. The van der Waals surface area contributed by atoms with Crippen LogP contribution in [0.1, 0.15) is 46.1 Å². The molecule has 0 saturated carbocycles. The second-order valence-electron chi connectivity index (χ2n) is 7.04. The molecule has 2 rings (SSSR count). The first kappa shape index (κ1) is 16.5. The summed E-state index contributed by atoms with van der Waals surface area (Å²) in [6.07, 6.45) is 2.73. The summed E-state index contributed by atoms with van der Waals surface area (Å²) in [5, 5.41) is 3.58. The van der Waals surface area contributed by atoms with Gasteiger partial charge >= 0.3 is 0 Å². The second kappa shape index (κ2) is 7.42. The van der Waals surface area contributed by atoms with Gasteiger partial charge in [-0.1, -0.05) is 51.1 Å². The van der Waals surface area contributed by atoms with E-state index in [-0.39, 0.29) is 5.41 Å². The molecule has 3 atom stereocenters. The minimum absolute atomic E-state index is 0.183. The van der Waals surface area contributed by atoms with Crippen molar-refractivity contribution in [2.75, 3.05) is 26.2 Å². The van der Waals surface area contributed by atoms with Crippen molar-refractivity contribution in [1.82, 2.24) is 10.2 Å². The molecular formula is C19H32N2. The lowest BCUT2D eigenvalue weighted by molar-refractivity contribution is 0.0883. The summed E-state index contributed by atoms with van der Waals surface area (Å²) in [6, 6.07) is 11.7. The molecule has 2 heteroatoms. The first-order valence-electron chi connectivity index (χ1n) is 8.57. The van der Waals surface area contributed by atoms with Crippen LogP contribution in [0.4, 0.5) is 0 Å². The molecule has 1 aliphatic heterocycles. The Hall–Kier alpha value is -0.860. The molecule has 1 heterocycles. The summed E-state index contributed by atoms with van der Waals surface area (Å²) in [5.41, 5.74) is 1.64. The number of likely N-dealkylation sites (N-methyl/N-ethyl adjacent to an activating group) is 1. The van der Waals surface area contributed by atoms with Crippen molar-refractivity contribution >= 4 is 0 Å². The first-order chi connectivity index (χ1) is 10.1. The summed E-state index contributed by atoms with van der Waals surface area (Å²) in [7, 11) is 0. The van der Waals surface area contributed by atoms with Crippen molar-refractivity contribution in [3.63, 3.8) is 0 Å². The highest BCUT2D eigenvalue weighted by atomic mass is 15.2. The van der Waals surface area contributed by atoms with Crippen molar-refractivity contribution in [2.45, 2.75) is 52.0 Å². The predicted octanol–water partition coefficient (Wildman–Crippen LogP) is 3.67. The molecule has 118 valence electrons. The summed E-state index contributed by atoms with van der Waals surface area (Å²) in [6.45, 7) is 13.9. The zero-order chi connectivity index (χ0) is 15.3. The maximum absolute atomic E-state index is 3.58. The van der Waals surface area contributed by atoms with Crippen molar-refractivity contribution in [3.05, 3.63) is 35.9 Å². The molecule has 2 nitrogen and oxygen atoms in total. The second-order valence-corrected chi connectivity index (χ2v) is 7.04. The van der Waals surface area contributed by atoms with Crippen LogP contribution in [0.15, 0.2) is 30.3 Å². The molecule has 0 spiro atoms. The van der Waals surface area contributed by atoms with E-state index in [9.17, 15) is 0 Å². The summed E-state index contributed by atoms with van der Waals surface area (Å²) < 4.78 is 0. The minimum atomic E-state index is 0.183. The molecule has 0 aliphatic carbocycles. The fourth-order valence-corrected chi connectivity index (χ4v) is 3.58. The highest BCUT2D eigenvalue weighted by Crippen LogP contribution is 2.29. The van der Waals surface area contributed by atoms with E-state index in [4.69, 9.17) is 0 Å². The van der Waals surface area contributed by atoms with Crippen molar-refractivity contribution in [2.24, 2.45) is 5.92 Å². The third kappa shape index (κ3) is 4.08. The Balaban J connectivity index is 2.16. The van der Waals surface area contributed by atoms with Crippen LogP contribution in [-0.4, -0.2) is 37.1 Å². The van der Waals surface area contributed by atoms with Gasteiger partial charge in [0.05, 0.1) is 0 Å². The lowest BCUT2D eigenvalue weighted by atomic mass is 9.80. The van der Waals surface area contributed by atoms with Crippen LogP contribution >= 0.6 is 0 Å². The van der Waals surface area contributed by atoms with Gasteiger partial charge in [-0.05, 0) is 44.3 Å². The Morgan fingerprint density at radius 3 is 2.62 bits per heavy atom. The van der Waals surface area contributed by atoms with Crippen LogP contribution in [0.3, 0.4) is 0 Å². The van der Waals surface area contributed by atoms with Gasteiger partial charge in [0.2, 0.25) is 0 Å². The highest BCUT2D eigenvalue weighted by Gasteiger charge is 2.33. The number of piperidine rings is 1. The Labute approximate surface area is 130 Å². The standard InChI is InChI=1S/C19H32N2/c1-5-20-14-19(4,18-11-7-6-8-12-18)15-21-13-9-10-16(2)17(21)3/h6-8,11-12,16-17,20H,5,9-10,13-15H2,1-4H3. The van der Waals surface area contributed by atoms with Gasteiger partial charge in [-0.3, -0.25) is 4.90 Å².